The highest BCUT2D eigenvalue weighted by Crippen LogP contribution is 2.27. The van der Waals surface area contributed by atoms with Gasteiger partial charge in [-0.3, -0.25) is 14.6 Å². The van der Waals surface area contributed by atoms with Crippen LogP contribution in [-0.4, -0.2) is 82.2 Å². The molecule has 0 aromatic heterocycles. The Kier molecular flexibility index (Phi) is 8.78. The zero-order valence-corrected chi connectivity index (χ0v) is 20.7. The van der Waals surface area contributed by atoms with Gasteiger partial charge in [0.05, 0.1) is 11.6 Å². The fourth-order valence-electron chi connectivity index (χ4n) is 4.62. The second-order valence-corrected chi connectivity index (χ2v) is 10.3. The number of phenols is 1. The first-order valence-corrected chi connectivity index (χ1v) is 12.4. The second-order valence-electron chi connectivity index (χ2n) is 10.3. The lowest BCUT2D eigenvalue weighted by molar-refractivity contribution is -0.135. The number of amides is 2. The van der Waals surface area contributed by atoms with Crippen LogP contribution in [0.5, 0.6) is 5.75 Å². The van der Waals surface area contributed by atoms with Crippen LogP contribution in [0.15, 0.2) is 24.3 Å². The van der Waals surface area contributed by atoms with Crippen molar-refractivity contribution in [1.29, 1.82) is 5.26 Å². The first kappa shape index (κ1) is 25.8. The third-order valence-electron chi connectivity index (χ3n) is 6.57. The molecule has 2 aliphatic heterocycles. The zero-order chi connectivity index (χ0) is 24.7. The maximum Gasteiger partial charge on any atom is 0.410 e. The number of phenolic OH excluding ortho intramolecular Hbond substituents is 1. The molecule has 4 rings (SSSR count). The number of rotatable bonds is 2. The third-order valence-corrected chi connectivity index (χ3v) is 6.57. The maximum atomic E-state index is 13.1. The van der Waals surface area contributed by atoms with Crippen LogP contribution >= 0.6 is 0 Å². The summed E-state index contributed by atoms with van der Waals surface area (Å²) in [5.74, 6) is 0.243. The monoisotopic (exact) mass is 470 g/mol. The molecule has 1 aromatic carbocycles. The Hall–Kier alpha value is -2.79. The Morgan fingerprint density at radius 2 is 1.79 bits per heavy atom. The van der Waals surface area contributed by atoms with E-state index in [1.54, 1.807) is 17.0 Å². The van der Waals surface area contributed by atoms with E-state index in [0.717, 1.165) is 51.5 Å². The van der Waals surface area contributed by atoms with Crippen molar-refractivity contribution in [3.05, 3.63) is 29.8 Å². The molecule has 34 heavy (non-hydrogen) atoms. The Labute approximate surface area is 203 Å². The van der Waals surface area contributed by atoms with E-state index in [1.165, 1.54) is 31.4 Å². The Morgan fingerprint density at radius 3 is 2.38 bits per heavy atom. The number of hydrogen-bond donors (Lipinski definition) is 1. The molecule has 3 aliphatic rings. The number of nitrogens with zero attached hydrogens (tertiary/aromatic N) is 4. The highest BCUT2D eigenvalue weighted by atomic mass is 16.6. The molecule has 3 fully saturated rings. The molecule has 0 radical (unpaired) electrons. The standard InChI is InChI=1S/C19H33N3O3.C7H5NO/c1-19(2,3)25-18(24)22-12-5-9-16(22)17(23)21-11-6-10-20(13-14-21)15-7-4-8-15;8-5-6-2-1-3-7(9)4-6/h15-16H,4-14H2,1-3H3;1-4,9H/t16-;/m1./s1. The lowest BCUT2D eigenvalue weighted by Crippen LogP contribution is -2.50. The van der Waals surface area contributed by atoms with Crippen molar-refractivity contribution in [3.63, 3.8) is 0 Å². The molecule has 2 saturated heterocycles. The molecular weight excluding hydrogens is 432 g/mol. The molecule has 1 aliphatic carbocycles. The molecule has 8 heteroatoms. The minimum absolute atomic E-state index is 0.110. The van der Waals surface area contributed by atoms with Crippen molar-refractivity contribution >= 4 is 12.0 Å². The summed E-state index contributed by atoms with van der Waals surface area (Å²) in [5.41, 5.74) is -0.0471. The molecule has 1 aromatic rings. The fraction of sp³-hybridized carbons (Fsp3) is 0.654. The van der Waals surface area contributed by atoms with Crippen LogP contribution in [0.3, 0.4) is 0 Å². The SMILES string of the molecule is CC(C)(C)OC(=O)N1CCC[C@@H]1C(=O)N1CCCN(C2CCC2)CC1.N#Cc1cccc(O)c1. The number of likely N-dealkylation sites (tertiary alicyclic amines) is 1. The van der Waals surface area contributed by atoms with Crippen molar-refractivity contribution in [2.45, 2.75) is 77.0 Å². The number of aromatic hydroxyl groups is 1. The quantitative estimate of drug-likeness (QED) is 0.707. The average molecular weight is 471 g/mol. The van der Waals surface area contributed by atoms with E-state index in [4.69, 9.17) is 15.1 Å². The highest BCUT2D eigenvalue weighted by molar-refractivity contribution is 5.86. The van der Waals surface area contributed by atoms with E-state index in [-0.39, 0.29) is 23.8 Å². The van der Waals surface area contributed by atoms with Gasteiger partial charge >= 0.3 is 6.09 Å². The fourth-order valence-corrected chi connectivity index (χ4v) is 4.62. The summed E-state index contributed by atoms with van der Waals surface area (Å²) < 4.78 is 5.49. The van der Waals surface area contributed by atoms with Gasteiger partial charge in [0.25, 0.3) is 0 Å². The van der Waals surface area contributed by atoms with Gasteiger partial charge in [0.2, 0.25) is 5.91 Å². The minimum atomic E-state index is -0.529. The van der Waals surface area contributed by atoms with Crippen molar-refractivity contribution in [2.75, 3.05) is 32.7 Å². The number of carbonyl (C=O) groups is 2. The van der Waals surface area contributed by atoms with Crippen LogP contribution < -0.4 is 0 Å². The first-order valence-electron chi connectivity index (χ1n) is 12.4. The van der Waals surface area contributed by atoms with Crippen LogP contribution in [0.4, 0.5) is 4.79 Å². The second kappa shape index (κ2) is 11.6. The summed E-state index contributed by atoms with van der Waals surface area (Å²) in [6, 6.07) is 8.52. The molecule has 0 spiro atoms. The first-order chi connectivity index (χ1) is 16.2. The van der Waals surface area contributed by atoms with E-state index < -0.39 is 5.60 Å². The molecule has 2 heterocycles. The number of benzene rings is 1. The van der Waals surface area contributed by atoms with E-state index in [2.05, 4.69) is 4.90 Å². The van der Waals surface area contributed by atoms with Crippen LogP contribution in [0, 0.1) is 11.3 Å². The molecule has 0 bridgehead atoms. The van der Waals surface area contributed by atoms with E-state index >= 15 is 0 Å². The Morgan fingerprint density at radius 1 is 1.03 bits per heavy atom. The smallest absolute Gasteiger partial charge is 0.410 e. The number of carbonyl (C=O) groups excluding carboxylic acids is 2. The highest BCUT2D eigenvalue weighted by Gasteiger charge is 2.39. The molecule has 1 N–H and O–H groups in total. The lowest BCUT2D eigenvalue weighted by atomic mass is 9.91. The van der Waals surface area contributed by atoms with Crippen LogP contribution in [0.25, 0.3) is 0 Å². The van der Waals surface area contributed by atoms with Gasteiger partial charge in [-0.25, -0.2) is 4.79 Å². The Balaban J connectivity index is 0.000000302. The average Bonchev–Trinajstić information content (AvgIpc) is 3.12. The summed E-state index contributed by atoms with van der Waals surface area (Å²) in [5, 5.41) is 17.1. The topological polar surface area (TPSA) is 97.1 Å². The lowest BCUT2D eigenvalue weighted by Gasteiger charge is -2.37. The molecular formula is C26H38N4O4. The molecule has 2 amide bonds. The summed E-state index contributed by atoms with van der Waals surface area (Å²) >= 11 is 0. The van der Waals surface area contributed by atoms with E-state index in [0.29, 0.717) is 12.1 Å². The summed E-state index contributed by atoms with van der Waals surface area (Å²) in [6.45, 7) is 9.86. The van der Waals surface area contributed by atoms with Gasteiger partial charge < -0.3 is 14.7 Å². The van der Waals surface area contributed by atoms with Crippen molar-refractivity contribution in [1.82, 2.24) is 14.7 Å². The van der Waals surface area contributed by atoms with Gasteiger partial charge in [0, 0.05) is 38.8 Å². The molecule has 186 valence electrons. The van der Waals surface area contributed by atoms with Gasteiger partial charge in [0.1, 0.15) is 17.4 Å². The number of nitriles is 1. The maximum absolute atomic E-state index is 13.1. The largest absolute Gasteiger partial charge is 0.508 e. The van der Waals surface area contributed by atoms with E-state index in [9.17, 15) is 9.59 Å². The molecule has 8 nitrogen and oxygen atoms in total. The summed E-state index contributed by atoms with van der Waals surface area (Å²) in [4.78, 5) is 31.7. The van der Waals surface area contributed by atoms with Gasteiger partial charge in [0.15, 0.2) is 0 Å². The van der Waals surface area contributed by atoms with Gasteiger partial charge in [-0.15, -0.1) is 0 Å². The van der Waals surface area contributed by atoms with Gasteiger partial charge in [-0.05, 0) is 71.1 Å². The van der Waals surface area contributed by atoms with Crippen molar-refractivity contribution in [2.24, 2.45) is 0 Å². The van der Waals surface area contributed by atoms with Crippen LogP contribution in [0.1, 0.15) is 64.9 Å². The summed E-state index contributed by atoms with van der Waals surface area (Å²) in [6.07, 6.45) is 6.26. The van der Waals surface area contributed by atoms with Crippen molar-refractivity contribution < 1.29 is 19.4 Å². The number of hydrogen-bond acceptors (Lipinski definition) is 6. The predicted octanol–water partition coefficient (Wildman–Crippen LogP) is 3.74. The molecule has 0 unspecified atom stereocenters. The van der Waals surface area contributed by atoms with Crippen LogP contribution in [-0.2, 0) is 9.53 Å². The zero-order valence-electron chi connectivity index (χ0n) is 20.7. The number of ether oxygens (including phenoxy) is 1. The third kappa shape index (κ3) is 7.10. The summed E-state index contributed by atoms with van der Waals surface area (Å²) in [7, 11) is 0. The normalized spacial score (nSPS) is 21.5. The predicted molar refractivity (Wildman–Crippen MR) is 129 cm³/mol. The van der Waals surface area contributed by atoms with E-state index in [1.807, 2.05) is 31.7 Å². The molecule has 1 atom stereocenters. The van der Waals surface area contributed by atoms with Gasteiger partial charge in [-0.2, -0.15) is 5.26 Å². The van der Waals surface area contributed by atoms with Crippen molar-refractivity contribution in [3.8, 4) is 11.8 Å². The van der Waals surface area contributed by atoms with Gasteiger partial charge in [-0.1, -0.05) is 12.5 Å². The van der Waals surface area contributed by atoms with Crippen LogP contribution in [0.2, 0.25) is 0 Å². The molecule has 1 saturated carbocycles. The Bertz CT molecular complexity index is 888. The minimum Gasteiger partial charge on any atom is -0.508 e.